The van der Waals surface area contributed by atoms with E-state index >= 15 is 0 Å². The highest BCUT2D eigenvalue weighted by molar-refractivity contribution is 8.00. The average Bonchev–Trinajstić information content (AvgIpc) is 3.41. The Bertz CT molecular complexity index is 3710. The maximum Gasteiger partial charge on any atom is 0.260 e. The number of rotatable bonds is 6. The average molecular weight is 929 g/mol. The SMILES string of the molecule is CC(C)(C)c1ccc(-c2ccccc2N2c3ccccc3B3c4cc5c(cc4Sc4cc(-c6ccccc6)cc2c43)Oc2cc(N(c3ccccc3)c3ccccc3)cc3c2B5c2ccccc2O3)cc1. The van der Waals surface area contributed by atoms with Gasteiger partial charge in [-0.05, 0) is 110 Å². The van der Waals surface area contributed by atoms with E-state index in [9.17, 15) is 0 Å². The van der Waals surface area contributed by atoms with E-state index in [-0.39, 0.29) is 18.8 Å². The molecule has 4 aliphatic rings. The van der Waals surface area contributed by atoms with Gasteiger partial charge in [-0.2, -0.15) is 0 Å². The number of benzene rings is 10. The van der Waals surface area contributed by atoms with Gasteiger partial charge in [-0.25, -0.2) is 0 Å². The Morgan fingerprint density at radius 2 is 0.986 bits per heavy atom. The summed E-state index contributed by atoms with van der Waals surface area (Å²) >= 11 is 1.86. The molecule has 0 aromatic heterocycles. The highest BCUT2D eigenvalue weighted by atomic mass is 32.2. The number of anilines is 6. The molecule has 10 aromatic rings. The normalized spacial score (nSPS) is 13.4. The van der Waals surface area contributed by atoms with E-state index in [4.69, 9.17) is 9.47 Å². The molecule has 71 heavy (non-hydrogen) atoms. The van der Waals surface area contributed by atoms with Gasteiger partial charge in [0.15, 0.2) is 0 Å². The van der Waals surface area contributed by atoms with E-state index in [1.165, 1.54) is 65.4 Å². The molecule has 0 atom stereocenters. The number of hydrogen-bond acceptors (Lipinski definition) is 5. The van der Waals surface area contributed by atoms with Crippen LogP contribution in [-0.4, -0.2) is 13.4 Å². The second-order valence-corrected chi connectivity index (χ2v) is 21.1. The fraction of sp³-hybridized carbons (Fsp3) is 0.0625. The smallest absolute Gasteiger partial charge is 0.260 e. The van der Waals surface area contributed by atoms with E-state index in [1.807, 2.05) is 11.8 Å². The summed E-state index contributed by atoms with van der Waals surface area (Å²) in [7, 11) is 0. The van der Waals surface area contributed by atoms with Gasteiger partial charge in [-0.15, -0.1) is 0 Å². The highest BCUT2D eigenvalue weighted by Crippen LogP contribution is 2.48. The fourth-order valence-corrected chi connectivity index (χ4v) is 12.7. The van der Waals surface area contributed by atoms with E-state index in [1.54, 1.807) is 0 Å². The zero-order chi connectivity index (χ0) is 47.4. The summed E-state index contributed by atoms with van der Waals surface area (Å²) in [6, 6.07) is 81.7. The molecule has 4 aliphatic heterocycles. The maximum absolute atomic E-state index is 7.25. The molecule has 0 amide bonds. The fourth-order valence-electron chi connectivity index (χ4n) is 11.5. The molecule has 10 aromatic carbocycles. The molecule has 0 spiro atoms. The predicted octanol–water partition coefficient (Wildman–Crippen LogP) is 13.3. The van der Waals surface area contributed by atoms with Crippen molar-refractivity contribution < 1.29 is 9.47 Å². The van der Waals surface area contributed by atoms with Crippen molar-refractivity contribution in [2.24, 2.45) is 0 Å². The Labute approximate surface area is 420 Å². The first-order valence-electron chi connectivity index (χ1n) is 24.5. The summed E-state index contributed by atoms with van der Waals surface area (Å²) < 4.78 is 14.2. The summed E-state index contributed by atoms with van der Waals surface area (Å²) in [6.45, 7) is 6.70. The van der Waals surface area contributed by atoms with Gasteiger partial charge in [0.1, 0.15) is 23.0 Å². The third kappa shape index (κ3) is 6.78. The molecule has 0 saturated carbocycles. The van der Waals surface area contributed by atoms with Gasteiger partial charge < -0.3 is 19.3 Å². The number of fused-ring (bicyclic) bond motifs is 8. The van der Waals surface area contributed by atoms with Gasteiger partial charge in [-0.1, -0.05) is 190 Å². The minimum Gasteiger partial charge on any atom is -0.458 e. The number of hydrogen-bond donors (Lipinski definition) is 0. The van der Waals surface area contributed by atoms with Crippen LogP contribution in [-0.2, 0) is 5.41 Å². The van der Waals surface area contributed by atoms with Crippen molar-refractivity contribution in [2.75, 3.05) is 9.80 Å². The second-order valence-electron chi connectivity index (χ2n) is 20.0. The highest BCUT2D eigenvalue weighted by Gasteiger charge is 2.46. The van der Waals surface area contributed by atoms with Gasteiger partial charge in [0.25, 0.3) is 6.71 Å². The molecule has 0 N–H and O–H groups in total. The van der Waals surface area contributed by atoms with Crippen LogP contribution in [0.5, 0.6) is 23.0 Å². The van der Waals surface area contributed by atoms with Crippen molar-refractivity contribution in [1.82, 2.24) is 0 Å². The van der Waals surface area contributed by atoms with E-state index in [2.05, 4.69) is 255 Å². The number of para-hydroxylation sites is 5. The van der Waals surface area contributed by atoms with Crippen LogP contribution >= 0.6 is 11.8 Å². The van der Waals surface area contributed by atoms with Crippen LogP contribution in [0.25, 0.3) is 22.3 Å². The first-order chi connectivity index (χ1) is 34.8. The Morgan fingerprint density at radius 1 is 0.394 bits per heavy atom. The van der Waals surface area contributed by atoms with Gasteiger partial charge >= 0.3 is 0 Å². The van der Waals surface area contributed by atoms with Crippen molar-refractivity contribution in [2.45, 2.75) is 36.0 Å². The van der Waals surface area contributed by atoms with Gasteiger partial charge in [0, 0.05) is 55.7 Å². The van der Waals surface area contributed by atoms with E-state index in [0.29, 0.717) is 0 Å². The molecule has 336 valence electrons. The van der Waals surface area contributed by atoms with Crippen LogP contribution in [0.15, 0.2) is 234 Å². The van der Waals surface area contributed by atoms with Crippen LogP contribution in [0, 0.1) is 0 Å². The quantitative estimate of drug-likeness (QED) is 0.155. The standard InChI is InChI=1S/C64H46B2N2O2S/c1-64(2,3)44-33-31-42(32-34-44)48-25-13-16-28-53(48)68-54-29-17-14-26-49(54)65-52-39-51-57(40-60(52)71-61-36-43(35-55(68)62(61)65)41-19-7-4-8-20-41)70-59-38-47(37-58-63(59)66(51)50-27-15-18-30-56(50)69-58)67(45-21-9-5-10-22-45)46-23-11-6-12-24-46/h4-40H,1-3H3. The Hall–Kier alpha value is -8.12. The molecule has 0 saturated heterocycles. The molecular formula is C64H46B2N2O2S. The zero-order valence-electron chi connectivity index (χ0n) is 39.6. The van der Waals surface area contributed by atoms with Gasteiger partial charge in [-0.3, -0.25) is 0 Å². The summed E-state index contributed by atoms with van der Waals surface area (Å²) in [6.07, 6.45) is 0. The van der Waals surface area contributed by atoms with Crippen LogP contribution in [0.4, 0.5) is 34.1 Å². The first kappa shape index (κ1) is 41.8. The van der Waals surface area contributed by atoms with Crippen LogP contribution < -0.4 is 52.1 Å². The zero-order valence-corrected chi connectivity index (χ0v) is 40.5. The van der Waals surface area contributed by atoms with Gasteiger partial charge in [0.05, 0.1) is 11.4 Å². The van der Waals surface area contributed by atoms with Crippen LogP contribution in [0.3, 0.4) is 0 Å². The summed E-state index contributed by atoms with van der Waals surface area (Å²) in [5, 5.41) is 0. The Balaban J connectivity index is 0.964. The molecular weight excluding hydrogens is 882 g/mol. The number of nitrogens with zero attached hydrogens (tertiary/aromatic N) is 2. The van der Waals surface area contributed by atoms with E-state index in [0.717, 1.165) is 62.1 Å². The van der Waals surface area contributed by atoms with Crippen molar-refractivity contribution >= 4 is 92.1 Å². The molecule has 0 radical (unpaired) electrons. The molecule has 0 fully saturated rings. The molecule has 4 nitrogen and oxygen atoms in total. The van der Waals surface area contributed by atoms with Crippen molar-refractivity contribution in [3.05, 3.63) is 230 Å². The largest absolute Gasteiger partial charge is 0.458 e. The lowest BCUT2D eigenvalue weighted by Gasteiger charge is -2.42. The second kappa shape index (κ2) is 16.2. The van der Waals surface area contributed by atoms with Crippen LogP contribution in [0.1, 0.15) is 26.3 Å². The van der Waals surface area contributed by atoms with E-state index < -0.39 is 0 Å². The third-order valence-electron chi connectivity index (χ3n) is 14.8. The molecule has 14 rings (SSSR count). The summed E-state index contributed by atoms with van der Waals surface area (Å²) in [5.74, 6) is 3.36. The lowest BCUT2D eigenvalue weighted by atomic mass is 9.31. The summed E-state index contributed by atoms with van der Waals surface area (Å²) in [4.78, 5) is 7.28. The van der Waals surface area contributed by atoms with Crippen LogP contribution in [0.2, 0.25) is 0 Å². The topological polar surface area (TPSA) is 24.9 Å². The monoisotopic (exact) mass is 928 g/mol. The Morgan fingerprint density at radius 3 is 1.69 bits per heavy atom. The maximum atomic E-state index is 7.25. The first-order valence-corrected chi connectivity index (χ1v) is 25.4. The molecule has 0 unspecified atom stereocenters. The summed E-state index contributed by atoms with van der Waals surface area (Å²) in [5.41, 5.74) is 20.0. The van der Waals surface area contributed by atoms with Crippen molar-refractivity contribution in [3.63, 3.8) is 0 Å². The minimum absolute atomic E-state index is 0.0271. The van der Waals surface area contributed by atoms with Gasteiger partial charge in [0.2, 0.25) is 6.71 Å². The van der Waals surface area contributed by atoms with Crippen molar-refractivity contribution in [1.29, 1.82) is 0 Å². The minimum atomic E-state index is -0.104. The molecule has 4 heterocycles. The molecule has 0 aliphatic carbocycles. The molecule has 0 bridgehead atoms. The lowest BCUT2D eigenvalue weighted by molar-refractivity contribution is 0.464. The molecule has 7 heteroatoms. The Kier molecular flexibility index (Phi) is 9.56. The number of ether oxygens (including phenoxy) is 2. The van der Waals surface area contributed by atoms with Crippen molar-refractivity contribution in [3.8, 4) is 45.3 Å². The predicted molar refractivity (Wildman–Crippen MR) is 298 cm³/mol. The lowest BCUT2D eigenvalue weighted by Crippen LogP contribution is -2.62. The third-order valence-corrected chi connectivity index (χ3v) is 15.9.